The molecule has 1 fully saturated rings. The van der Waals surface area contributed by atoms with Crippen molar-refractivity contribution in [2.75, 3.05) is 47.2 Å². The average molecular weight is 1130 g/mol. The van der Waals surface area contributed by atoms with Crippen molar-refractivity contribution >= 4 is 52.1 Å². The van der Waals surface area contributed by atoms with Crippen molar-refractivity contribution in [3.05, 3.63) is 189 Å². The van der Waals surface area contributed by atoms with E-state index in [-0.39, 0.29) is 82.6 Å². The summed E-state index contributed by atoms with van der Waals surface area (Å²) in [5.74, 6) is -0.178. The van der Waals surface area contributed by atoms with Crippen LogP contribution in [-0.4, -0.2) is 99.8 Å². The number of likely N-dealkylation sites (tertiary alicyclic amines) is 1. The summed E-state index contributed by atoms with van der Waals surface area (Å²) in [7, 11) is 3.25. The first-order valence-corrected chi connectivity index (χ1v) is 26.6. The van der Waals surface area contributed by atoms with Gasteiger partial charge in [-0.25, -0.2) is 4.79 Å². The summed E-state index contributed by atoms with van der Waals surface area (Å²) in [6.07, 6.45) is -0.785. The van der Waals surface area contributed by atoms with Crippen molar-refractivity contribution in [3.63, 3.8) is 0 Å². The number of hydrogen-bond donors (Lipinski definition) is 1. The molecule has 0 radical (unpaired) electrons. The maximum Gasteiger partial charge on any atom is 0.407 e. The van der Waals surface area contributed by atoms with Gasteiger partial charge in [-0.1, -0.05) is 122 Å². The molecule has 3 atom stereocenters. The SMILES string of the molecule is CCC(=O)CCC(=O)O[C@@H]1C[C@@H](C(=O)CCCOCCOC(c2ccccc2)(c2ccc(OC)cc2)c2ccc(OC)cc2)N(C(=O)[C@H](Cc2cccc(I)c2)NC(=O)OCC2c3ccccc3-c3ccccc32)C1. The van der Waals surface area contributed by atoms with Gasteiger partial charge in [0.2, 0.25) is 5.91 Å². The maximum atomic E-state index is 14.9. The normalized spacial score (nSPS) is 15.3. The molecule has 1 saturated heterocycles. The molecular formula is C61H63IN2O11. The number of ether oxygens (including phenoxy) is 6. The topological polar surface area (TPSA) is 156 Å². The van der Waals surface area contributed by atoms with Crippen LogP contribution in [0.4, 0.5) is 4.79 Å². The van der Waals surface area contributed by atoms with E-state index in [2.05, 4.69) is 40.0 Å². The highest BCUT2D eigenvalue weighted by Crippen LogP contribution is 2.45. The minimum absolute atomic E-state index is 0.0380. The Morgan fingerprint density at radius 1 is 0.693 bits per heavy atom. The van der Waals surface area contributed by atoms with Crippen molar-refractivity contribution in [1.29, 1.82) is 0 Å². The van der Waals surface area contributed by atoms with E-state index in [1.54, 1.807) is 21.1 Å². The quantitative estimate of drug-likeness (QED) is 0.0252. The van der Waals surface area contributed by atoms with Gasteiger partial charge in [0.15, 0.2) is 5.78 Å². The summed E-state index contributed by atoms with van der Waals surface area (Å²) >= 11 is 2.20. The first kappa shape index (κ1) is 54.4. The lowest BCUT2D eigenvalue weighted by Gasteiger charge is -2.36. The molecule has 13 nitrogen and oxygen atoms in total. The molecular weight excluding hydrogens is 1060 g/mol. The second-order valence-electron chi connectivity index (χ2n) is 18.6. The highest BCUT2D eigenvalue weighted by atomic mass is 127. The maximum absolute atomic E-state index is 14.9. The molecule has 0 saturated carbocycles. The molecule has 1 heterocycles. The number of carbonyl (C=O) groups is 5. The first-order chi connectivity index (χ1) is 36.5. The number of hydrogen-bond acceptors (Lipinski definition) is 11. The van der Waals surface area contributed by atoms with Crippen LogP contribution in [0.25, 0.3) is 11.1 Å². The third kappa shape index (κ3) is 13.3. The number of alkyl carbamates (subject to hydrolysis) is 1. The van der Waals surface area contributed by atoms with Gasteiger partial charge in [0, 0.05) is 48.2 Å². The third-order valence-corrected chi connectivity index (χ3v) is 14.6. The minimum atomic E-state index is -1.13. The first-order valence-electron chi connectivity index (χ1n) is 25.5. The van der Waals surface area contributed by atoms with Gasteiger partial charge in [-0.15, -0.1) is 0 Å². The average Bonchev–Trinajstić information content (AvgIpc) is 4.02. The molecule has 8 rings (SSSR count). The van der Waals surface area contributed by atoms with Gasteiger partial charge in [0.05, 0.1) is 46.4 Å². The van der Waals surface area contributed by atoms with E-state index in [1.165, 1.54) is 4.90 Å². The van der Waals surface area contributed by atoms with Gasteiger partial charge in [0.25, 0.3) is 0 Å². The van der Waals surface area contributed by atoms with Crippen LogP contribution in [0.3, 0.4) is 0 Å². The largest absolute Gasteiger partial charge is 0.497 e. The fourth-order valence-electron chi connectivity index (χ4n) is 10.1. The number of ketones is 2. The molecule has 6 aromatic carbocycles. The summed E-state index contributed by atoms with van der Waals surface area (Å²) in [6.45, 7) is 2.33. The summed E-state index contributed by atoms with van der Waals surface area (Å²) in [6, 6.07) is 47.1. The number of amides is 2. The van der Waals surface area contributed by atoms with Crippen LogP contribution in [-0.2, 0) is 50.1 Å². The number of halogens is 1. The van der Waals surface area contributed by atoms with E-state index >= 15 is 0 Å². The summed E-state index contributed by atoms with van der Waals surface area (Å²) in [5.41, 5.74) is 6.71. The van der Waals surface area contributed by atoms with Crippen molar-refractivity contribution in [1.82, 2.24) is 10.2 Å². The van der Waals surface area contributed by atoms with Crippen LogP contribution in [0.5, 0.6) is 11.5 Å². The van der Waals surface area contributed by atoms with Crippen LogP contribution in [0, 0.1) is 3.57 Å². The zero-order chi connectivity index (χ0) is 52.7. The van der Waals surface area contributed by atoms with Crippen molar-refractivity contribution in [2.24, 2.45) is 0 Å². The second kappa shape index (κ2) is 26.1. The Labute approximate surface area is 452 Å². The van der Waals surface area contributed by atoms with Gasteiger partial charge in [0.1, 0.15) is 41.6 Å². The molecule has 0 unspecified atom stereocenters. The second-order valence-corrected chi connectivity index (χ2v) is 19.9. The molecule has 2 amide bonds. The summed E-state index contributed by atoms with van der Waals surface area (Å²) in [4.78, 5) is 69.6. The number of nitrogens with one attached hydrogen (secondary N) is 1. The Hall–Kier alpha value is -6.88. The van der Waals surface area contributed by atoms with Gasteiger partial charge in [-0.2, -0.15) is 0 Å². The lowest BCUT2D eigenvalue weighted by molar-refractivity contribution is -0.150. The molecule has 0 bridgehead atoms. The lowest BCUT2D eigenvalue weighted by atomic mass is 9.80. The molecule has 6 aromatic rings. The molecule has 0 aromatic heterocycles. The summed E-state index contributed by atoms with van der Waals surface area (Å²) < 4.78 is 36.7. The van der Waals surface area contributed by atoms with Crippen molar-refractivity contribution in [3.8, 4) is 22.6 Å². The number of esters is 1. The third-order valence-electron chi connectivity index (χ3n) is 13.9. The number of fused-ring (bicyclic) bond motifs is 3. The van der Waals surface area contributed by atoms with E-state index in [0.29, 0.717) is 24.3 Å². The van der Waals surface area contributed by atoms with Crippen molar-refractivity contribution in [2.45, 2.75) is 81.6 Å². The van der Waals surface area contributed by atoms with Crippen LogP contribution in [0.2, 0.25) is 0 Å². The Morgan fingerprint density at radius 3 is 1.92 bits per heavy atom. The fourth-order valence-corrected chi connectivity index (χ4v) is 10.7. The van der Waals surface area contributed by atoms with Gasteiger partial charge < -0.3 is 38.6 Å². The molecule has 2 aliphatic rings. The lowest BCUT2D eigenvalue weighted by Crippen LogP contribution is -2.53. The number of nitrogens with zero attached hydrogens (tertiary/aromatic N) is 1. The monoisotopic (exact) mass is 1130 g/mol. The smallest absolute Gasteiger partial charge is 0.407 e. The predicted molar refractivity (Wildman–Crippen MR) is 293 cm³/mol. The standard InChI is InChI=1S/C61H63IN2O11/c1-4-46(65)27-32-58(67)75-49-38-56(57(66)22-13-33-72-34-35-74-61(42-15-6-5-7-16-42,43-23-28-47(70-2)29-24-43)44-25-30-48(71-3)31-26-44)64(39-49)59(68)55(37-41-14-12-17-45(62)36-41)63-60(69)73-40-54-52-20-10-8-18-50(52)51-19-9-11-21-53(51)54/h5-12,14-21,23-26,28-31,36,49,54-56H,4,13,22,27,32-35,37-40H2,1-3H3,(H,63,69)/t49-,55+,56+/m1/s1. The Bertz CT molecular complexity index is 2820. The van der Waals surface area contributed by atoms with E-state index in [0.717, 1.165) is 48.1 Å². The van der Waals surface area contributed by atoms with E-state index < -0.39 is 41.8 Å². The van der Waals surface area contributed by atoms with Crippen LogP contribution >= 0.6 is 22.6 Å². The predicted octanol–water partition coefficient (Wildman–Crippen LogP) is 10.4. The molecule has 0 spiro atoms. The van der Waals surface area contributed by atoms with E-state index in [9.17, 15) is 24.0 Å². The fraction of sp³-hybridized carbons (Fsp3) is 0.328. The molecule has 1 N–H and O–H groups in total. The number of carbonyl (C=O) groups excluding carboxylic acids is 5. The van der Waals surface area contributed by atoms with Gasteiger partial charge in [-0.05, 0) is 110 Å². The number of rotatable bonds is 25. The zero-order valence-electron chi connectivity index (χ0n) is 42.5. The Morgan fingerprint density at radius 2 is 1.31 bits per heavy atom. The van der Waals surface area contributed by atoms with Crippen LogP contribution in [0.1, 0.15) is 84.7 Å². The highest BCUT2D eigenvalue weighted by Gasteiger charge is 2.44. The zero-order valence-corrected chi connectivity index (χ0v) is 44.7. The minimum Gasteiger partial charge on any atom is -0.497 e. The van der Waals surface area contributed by atoms with E-state index in [4.69, 9.17) is 28.4 Å². The van der Waals surface area contributed by atoms with E-state index in [1.807, 2.05) is 140 Å². The van der Waals surface area contributed by atoms with Crippen LogP contribution in [0.15, 0.2) is 152 Å². The Balaban J connectivity index is 0.947. The number of Topliss-reactive ketones (excluding diaryl/α,β-unsaturated/α-hetero) is 2. The van der Waals surface area contributed by atoms with Crippen LogP contribution < -0.4 is 14.8 Å². The Kier molecular flexibility index (Phi) is 18.9. The summed E-state index contributed by atoms with van der Waals surface area (Å²) in [5, 5.41) is 2.86. The molecule has 1 aliphatic heterocycles. The van der Waals surface area contributed by atoms with Gasteiger partial charge >= 0.3 is 12.1 Å². The molecule has 75 heavy (non-hydrogen) atoms. The highest BCUT2D eigenvalue weighted by molar-refractivity contribution is 14.1. The van der Waals surface area contributed by atoms with Gasteiger partial charge in [-0.3, -0.25) is 19.2 Å². The number of methoxy groups -OCH3 is 2. The van der Waals surface area contributed by atoms with Crippen molar-refractivity contribution < 1.29 is 52.4 Å². The molecule has 14 heteroatoms. The number of benzene rings is 6. The molecule has 1 aliphatic carbocycles. The molecule has 390 valence electrons.